The number of allylic oxidation sites excluding steroid dienone is 1. The molecule has 1 aromatic carbocycles. The van der Waals surface area contributed by atoms with Gasteiger partial charge in [-0.05, 0) is 11.6 Å². The molecule has 0 atom stereocenters. The van der Waals surface area contributed by atoms with Gasteiger partial charge >= 0.3 is 0 Å². The molecule has 0 saturated carbocycles. The number of oxime groups is 1. The van der Waals surface area contributed by atoms with Crippen LogP contribution in [0.3, 0.4) is 0 Å². The minimum atomic E-state index is 0.896. The van der Waals surface area contributed by atoms with Crippen molar-refractivity contribution in [3.8, 4) is 0 Å². The van der Waals surface area contributed by atoms with E-state index < -0.39 is 0 Å². The van der Waals surface area contributed by atoms with Gasteiger partial charge in [-0.3, -0.25) is 0 Å². The maximum Gasteiger partial charge on any atom is 0.110 e. The number of benzene rings is 1. The first kappa shape index (κ1) is 7.10. The molecule has 1 aliphatic carbocycles. The fraction of sp³-hybridized carbons (Fsp3) is 0.100. The van der Waals surface area contributed by atoms with Gasteiger partial charge in [0.1, 0.15) is 12.8 Å². The SMILES string of the molecule is CON=C1C=Cc2ccccc21. The molecule has 2 rings (SSSR count). The van der Waals surface area contributed by atoms with Crippen LogP contribution in [-0.4, -0.2) is 12.8 Å². The molecule has 0 heterocycles. The van der Waals surface area contributed by atoms with Crippen molar-refractivity contribution in [3.63, 3.8) is 0 Å². The molecule has 0 radical (unpaired) electrons. The van der Waals surface area contributed by atoms with Crippen molar-refractivity contribution >= 4 is 11.8 Å². The first-order valence-electron chi connectivity index (χ1n) is 3.80. The summed E-state index contributed by atoms with van der Waals surface area (Å²) in [5.74, 6) is 0. The van der Waals surface area contributed by atoms with E-state index in [4.69, 9.17) is 4.84 Å². The van der Waals surface area contributed by atoms with Crippen molar-refractivity contribution in [2.75, 3.05) is 7.11 Å². The van der Waals surface area contributed by atoms with E-state index in [1.54, 1.807) is 7.11 Å². The predicted octanol–water partition coefficient (Wildman–Crippen LogP) is 2.06. The average molecular weight is 159 g/mol. The summed E-state index contributed by atoms with van der Waals surface area (Å²) in [6, 6.07) is 8.10. The molecule has 0 spiro atoms. The van der Waals surface area contributed by atoms with Crippen molar-refractivity contribution in [1.82, 2.24) is 0 Å². The summed E-state index contributed by atoms with van der Waals surface area (Å²) in [5.41, 5.74) is 3.24. The first-order chi connectivity index (χ1) is 5.92. The molecule has 0 aromatic heterocycles. The van der Waals surface area contributed by atoms with Gasteiger partial charge in [0, 0.05) is 5.56 Å². The fourth-order valence-corrected chi connectivity index (χ4v) is 1.31. The Morgan fingerprint density at radius 3 is 2.83 bits per heavy atom. The van der Waals surface area contributed by atoms with Crippen molar-refractivity contribution in [2.45, 2.75) is 0 Å². The summed E-state index contributed by atoms with van der Waals surface area (Å²) in [6.45, 7) is 0. The lowest BCUT2D eigenvalue weighted by atomic mass is 10.1. The highest BCUT2D eigenvalue weighted by Gasteiger charge is 2.10. The average Bonchev–Trinajstić information content (AvgIpc) is 2.50. The molecule has 1 aromatic rings. The highest BCUT2D eigenvalue weighted by atomic mass is 16.6. The van der Waals surface area contributed by atoms with E-state index in [1.165, 1.54) is 5.56 Å². The zero-order valence-corrected chi connectivity index (χ0v) is 6.82. The van der Waals surface area contributed by atoms with Crippen LogP contribution in [0.5, 0.6) is 0 Å². The summed E-state index contributed by atoms with van der Waals surface area (Å²) >= 11 is 0. The summed E-state index contributed by atoms with van der Waals surface area (Å²) < 4.78 is 0. The van der Waals surface area contributed by atoms with E-state index >= 15 is 0 Å². The van der Waals surface area contributed by atoms with Crippen LogP contribution in [0.15, 0.2) is 35.5 Å². The molecule has 0 aliphatic heterocycles. The third-order valence-corrected chi connectivity index (χ3v) is 1.85. The van der Waals surface area contributed by atoms with Crippen LogP contribution in [0, 0.1) is 0 Å². The lowest BCUT2D eigenvalue weighted by Gasteiger charge is -1.97. The highest BCUT2D eigenvalue weighted by Crippen LogP contribution is 2.19. The molecule has 2 heteroatoms. The minimum Gasteiger partial charge on any atom is -0.399 e. The van der Waals surface area contributed by atoms with Gasteiger partial charge in [0.25, 0.3) is 0 Å². The molecule has 0 fully saturated rings. The predicted molar refractivity (Wildman–Crippen MR) is 49.0 cm³/mol. The van der Waals surface area contributed by atoms with Crippen LogP contribution >= 0.6 is 0 Å². The molecular weight excluding hydrogens is 150 g/mol. The molecule has 60 valence electrons. The Morgan fingerprint density at radius 1 is 1.17 bits per heavy atom. The Hall–Kier alpha value is -1.57. The maximum absolute atomic E-state index is 4.72. The van der Waals surface area contributed by atoms with Gasteiger partial charge in [0.05, 0.1) is 0 Å². The molecule has 0 saturated heterocycles. The first-order valence-corrected chi connectivity index (χ1v) is 3.80. The summed E-state index contributed by atoms with van der Waals surface area (Å²) in [5, 5.41) is 3.89. The van der Waals surface area contributed by atoms with E-state index in [9.17, 15) is 0 Å². The maximum atomic E-state index is 4.72. The van der Waals surface area contributed by atoms with Crippen LogP contribution in [0.2, 0.25) is 0 Å². The Kier molecular flexibility index (Phi) is 1.67. The number of hydrogen-bond acceptors (Lipinski definition) is 2. The van der Waals surface area contributed by atoms with Gasteiger partial charge in [-0.15, -0.1) is 0 Å². The van der Waals surface area contributed by atoms with Crippen molar-refractivity contribution in [2.24, 2.45) is 5.16 Å². The number of rotatable bonds is 1. The van der Waals surface area contributed by atoms with E-state index in [-0.39, 0.29) is 0 Å². The quantitative estimate of drug-likeness (QED) is 0.575. The second kappa shape index (κ2) is 2.81. The lowest BCUT2D eigenvalue weighted by molar-refractivity contribution is 0.214. The standard InChI is InChI=1S/C10H9NO/c1-12-11-10-7-6-8-4-2-3-5-9(8)10/h2-7H,1H3. The minimum absolute atomic E-state index is 0.896. The zero-order chi connectivity index (χ0) is 8.39. The molecule has 1 aliphatic rings. The van der Waals surface area contributed by atoms with Gasteiger partial charge in [0.15, 0.2) is 0 Å². The topological polar surface area (TPSA) is 21.6 Å². The van der Waals surface area contributed by atoms with Crippen molar-refractivity contribution in [1.29, 1.82) is 0 Å². The van der Waals surface area contributed by atoms with E-state index in [2.05, 4.69) is 11.2 Å². The molecule has 12 heavy (non-hydrogen) atoms. The molecule has 0 bridgehead atoms. The third kappa shape index (κ3) is 1.01. The van der Waals surface area contributed by atoms with Gasteiger partial charge in [-0.25, -0.2) is 0 Å². The molecule has 0 N–H and O–H groups in total. The molecule has 2 nitrogen and oxygen atoms in total. The van der Waals surface area contributed by atoms with Crippen LogP contribution < -0.4 is 0 Å². The Balaban J connectivity index is 2.49. The number of hydrogen-bond donors (Lipinski definition) is 0. The lowest BCUT2D eigenvalue weighted by Crippen LogP contribution is -1.93. The Bertz CT molecular complexity index is 353. The van der Waals surface area contributed by atoms with E-state index in [0.29, 0.717) is 0 Å². The monoisotopic (exact) mass is 159 g/mol. The van der Waals surface area contributed by atoms with Gasteiger partial charge in [-0.2, -0.15) is 0 Å². The molecule has 0 amide bonds. The number of fused-ring (bicyclic) bond motifs is 1. The molecular formula is C10H9NO. The fourth-order valence-electron chi connectivity index (χ4n) is 1.31. The second-order valence-corrected chi connectivity index (χ2v) is 2.58. The summed E-state index contributed by atoms with van der Waals surface area (Å²) in [6.07, 6.45) is 3.99. The summed E-state index contributed by atoms with van der Waals surface area (Å²) in [7, 11) is 1.56. The largest absolute Gasteiger partial charge is 0.399 e. The van der Waals surface area contributed by atoms with Gasteiger partial charge in [0.2, 0.25) is 0 Å². The van der Waals surface area contributed by atoms with Gasteiger partial charge < -0.3 is 4.84 Å². The number of nitrogens with zero attached hydrogens (tertiary/aromatic N) is 1. The van der Waals surface area contributed by atoms with Crippen molar-refractivity contribution in [3.05, 3.63) is 41.5 Å². The Labute approximate surface area is 71.2 Å². The van der Waals surface area contributed by atoms with E-state index in [1.807, 2.05) is 30.4 Å². The van der Waals surface area contributed by atoms with Crippen LogP contribution in [0.25, 0.3) is 6.08 Å². The summed E-state index contributed by atoms with van der Waals surface area (Å²) in [4.78, 5) is 4.72. The third-order valence-electron chi connectivity index (χ3n) is 1.85. The zero-order valence-electron chi connectivity index (χ0n) is 6.82. The van der Waals surface area contributed by atoms with Crippen LogP contribution in [0.1, 0.15) is 11.1 Å². The smallest absolute Gasteiger partial charge is 0.110 e. The van der Waals surface area contributed by atoms with Crippen molar-refractivity contribution < 1.29 is 4.84 Å². The Morgan fingerprint density at radius 2 is 2.00 bits per heavy atom. The highest BCUT2D eigenvalue weighted by molar-refractivity contribution is 6.16. The van der Waals surface area contributed by atoms with Crippen LogP contribution in [0.4, 0.5) is 0 Å². The van der Waals surface area contributed by atoms with Gasteiger partial charge in [-0.1, -0.05) is 35.5 Å². The second-order valence-electron chi connectivity index (χ2n) is 2.58. The molecule has 0 unspecified atom stereocenters. The van der Waals surface area contributed by atoms with Crippen LogP contribution in [-0.2, 0) is 4.84 Å². The van der Waals surface area contributed by atoms with E-state index in [0.717, 1.165) is 11.3 Å². The normalized spacial score (nSPS) is 16.6.